The summed E-state index contributed by atoms with van der Waals surface area (Å²) in [7, 11) is 0. The first-order chi connectivity index (χ1) is 10.4. The number of Topliss-reactive ketones (excluding diaryl/α,β-unsaturated/α-hetero) is 1. The van der Waals surface area contributed by atoms with Crippen LogP contribution in [0.4, 0.5) is 0 Å². The van der Waals surface area contributed by atoms with Crippen molar-refractivity contribution < 1.29 is 9.90 Å². The fourth-order valence-electron chi connectivity index (χ4n) is 6.98. The van der Waals surface area contributed by atoms with Crippen molar-refractivity contribution in [2.45, 2.75) is 76.1 Å². The van der Waals surface area contributed by atoms with Gasteiger partial charge in [0.05, 0.1) is 10.9 Å². The van der Waals surface area contributed by atoms with E-state index in [2.05, 4.69) is 29.8 Å². The molecule has 0 aliphatic heterocycles. The van der Waals surface area contributed by atoms with Crippen LogP contribution in [0.3, 0.4) is 0 Å². The topological polar surface area (TPSA) is 37.3 Å². The minimum atomic E-state index is -0.0662. The van der Waals surface area contributed by atoms with E-state index in [0.29, 0.717) is 23.0 Å². The summed E-state index contributed by atoms with van der Waals surface area (Å²) in [6, 6.07) is 0. The van der Waals surface area contributed by atoms with Crippen LogP contribution in [-0.4, -0.2) is 21.8 Å². The summed E-state index contributed by atoms with van der Waals surface area (Å²) in [4.78, 5) is 12.8. The molecule has 0 aromatic carbocycles. The van der Waals surface area contributed by atoms with Crippen LogP contribution in [0.2, 0.25) is 0 Å². The number of aliphatic hydroxyl groups excluding tert-OH is 1. The predicted octanol–water partition coefficient (Wildman–Crippen LogP) is 4.33. The van der Waals surface area contributed by atoms with Crippen LogP contribution in [0.15, 0.2) is 0 Å². The number of rotatable bonds is 0. The molecule has 0 aromatic rings. The van der Waals surface area contributed by atoms with E-state index in [-0.39, 0.29) is 16.3 Å². The Morgan fingerprint density at radius 3 is 2.59 bits per heavy atom. The second-order valence-corrected chi connectivity index (χ2v) is 10.2. The molecule has 124 valence electrons. The van der Waals surface area contributed by atoms with E-state index in [4.69, 9.17) is 0 Å². The molecule has 4 aliphatic rings. The second-order valence-electron chi connectivity index (χ2n) is 9.11. The van der Waals surface area contributed by atoms with Crippen molar-refractivity contribution in [3.63, 3.8) is 0 Å². The first-order valence-corrected chi connectivity index (χ1v) is 10.1. The third-order valence-corrected chi connectivity index (χ3v) is 9.13. The average Bonchev–Trinajstić information content (AvgIpc) is 2.72. The highest BCUT2D eigenvalue weighted by Gasteiger charge is 2.61. The molecular weight excluding hydrogens is 340 g/mol. The molecule has 4 aliphatic carbocycles. The summed E-state index contributed by atoms with van der Waals surface area (Å²) in [5.41, 5.74) is 0.351. The minimum Gasteiger partial charge on any atom is -0.393 e. The smallest absolute Gasteiger partial charge is 0.152 e. The Morgan fingerprint density at radius 1 is 1.05 bits per heavy atom. The molecule has 0 amide bonds. The monoisotopic (exact) mass is 368 g/mol. The Morgan fingerprint density at radius 2 is 1.82 bits per heavy atom. The molecule has 4 fully saturated rings. The third kappa shape index (κ3) is 1.97. The number of ketones is 1. The van der Waals surface area contributed by atoms with Gasteiger partial charge in [-0.15, -0.1) is 0 Å². The summed E-state index contributed by atoms with van der Waals surface area (Å²) in [6.07, 6.45) is 9.04. The molecule has 1 N–H and O–H groups in total. The van der Waals surface area contributed by atoms with Crippen LogP contribution in [0, 0.1) is 34.5 Å². The van der Waals surface area contributed by atoms with Gasteiger partial charge in [0.25, 0.3) is 0 Å². The van der Waals surface area contributed by atoms with Crippen molar-refractivity contribution in [2.24, 2.45) is 34.5 Å². The Bertz CT molecular complexity index is 492. The van der Waals surface area contributed by atoms with Crippen molar-refractivity contribution in [3.8, 4) is 0 Å². The van der Waals surface area contributed by atoms with E-state index < -0.39 is 0 Å². The normalized spacial score (nSPS) is 57.9. The highest BCUT2D eigenvalue weighted by molar-refractivity contribution is 9.10. The number of hydrogen-bond donors (Lipinski definition) is 1. The van der Waals surface area contributed by atoms with E-state index in [1.807, 2.05) is 0 Å². The van der Waals surface area contributed by atoms with Gasteiger partial charge in [0, 0.05) is 5.41 Å². The van der Waals surface area contributed by atoms with Gasteiger partial charge in [-0.1, -0.05) is 29.8 Å². The summed E-state index contributed by atoms with van der Waals surface area (Å²) in [6.45, 7) is 4.75. The molecule has 0 saturated heterocycles. The van der Waals surface area contributed by atoms with Crippen molar-refractivity contribution >= 4 is 21.7 Å². The summed E-state index contributed by atoms with van der Waals surface area (Å²) < 4.78 is 0. The molecule has 0 aromatic heterocycles. The number of alkyl halides is 1. The van der Waals surface area contributed by atoms with Crippen LogP contribution in [0.25, 0.3) is 0 Å². The van der Waals surface area contributed by atoms with Gasteiger partial charge in [-0.3, -0.25) is 4.79 Å². The standard InChI is InChI=1S/C19H29BrO2/c1-18-7-5-12(21)9-11(18)3-4-13-14(18)6-8-19(2)15(13)10-16(20)17(19)22/h11-16,21H,3-10H2,1-2H3/t11-,12-,13?,14?,15-,16+,18?,19?/m0/s1. The van der Waals surface area contributed by atoms with E-state index in [0.717, 1.165) is 37.5 Å². The molecule has 0 spiro atoms. The molecule has 4 saturated carbocycles. The number of carbonyl (C=O) groups excluding carboxylic acids is 1. The van der Waals surface area contributed by atoms with Gasteiger partial charge in [0.1, 0.15) is 0 Å². The molecule has 3 heteroatoms. The maximum Gasteiger partial charge on any atom is 0.152 e. The largest absolute Gasteiger partial charge is 0.393 e. The van der Waals surface area contributed by atoms with E-state index in [1.54, 1.807) is 0 Å². The highest BCUT2D eigenvalue weighted by atomic mass is 79.9. The number of carbonyl (C=O) groups is 1. The molecule has 2 nitrogen and oxygen atoms in total. The zero-order valence-electron chi connectivity index (χ0n) is 13.9. The zero-order chi connectivity index (χ0) is 15.7. The minimum absolute atomic E-state index is 0.0628. The van der Waals surface area contributed by atoms with Crippen LogP contribution in [0.5, 0.6) is 0 Å². The number of aliphatic hydroxyl groups is 1. The maximum absolute atomic E-state index is 12.7. The fourth-order valence-corrected chi connectivity index (χ4v) is 7.91. The number of halogens is 1. The fraction of sp³-hybridized carbons (Fsp3) is 0.947. The van der Waals surface area contributed by atoms with E-state index in [1.165, 1.54) is 25.7 Å². The molecule has 0 heterocycles. The van der Waals surface area contributed by atoms with Crippen LogP contribution >= 0.6 is 15.9 Å². The van der Waals surface area contributed by atoms with E-state index >= 15 is 0 Å². The summed E-state index contributed by atoms with van der Waals surface area (Å²) in [5.74, 6) is 3.29. The van der Waals surface area contributed by atoms with E-state index in [9.17, 15) is 9.90 Å². The number of fused-ring (bicyclic) bond motifs is 5. The Balaban J connectivity index is 1.64. The van der Waals surface area contributed by atoms with Crippen LogP contribution in [-0.2, 0) is 4.79 Å². The highest BCUT2D eigenvalue weighted by Crippen LogP contribution is 2.65. The van der Waals surface area contributed by atoms with Crippen molar-refractivity contribution in [1.29, 1.82) is 0 Å². The first kappa shape index (κ1) is 15.6. The first-order valence-electron chi connectivity index (χ1n) is 9.23. The molecular formula is C19H29BrO2. The Kier molecular flexibility index (Phi) is 3.59. The van der Waals surface area contributed by atoms with Gasteiger partial charge in [-0.05, 0) is 80.5 Å². The maximum atomic E-state index is 12.7. The lowest BCUT2D eigenvalue weighted by Gasteiger charge is -2.60. The predicted molar refractivity (Wildman–Crippen MR) is 90.8 cm³/mol. The third-order valence-electron chi connectivity index (χ3n) is 8.34. The lowest BCUT2D eigenvalue weighted by atomic mass is 9.45. The molecule has 0 radical (unpaired) electrons. The van der Waals surface area contributed by atoms with Crippen LogP contribution < -0.4 is 0 Å². The van der Waals surface area contributed by atoms with Gasteiger partial charge in [-0.25, -0.2) is 0 Å². The average molecular weight is 369 g/mol. The quantitative estimate of drug-likeness (QED) is 0.646. The molecule has 4 unspecified atom stereocenters. The summed E-state index contributed by atoms with van der Waals surface area (Å²) >= 11 is 3.65. The van der Waals surface area contributed by atoms with Crippen molar-refractivity contribution in [2.75, 3.05) is 0 Å². The van der Waals surface area contributed by atoms with Gasteiger partial charge in [0.2, 0.25) is 0 Å². The van der Waals surface area contributed by atoms with Crippen molar-refractivity contribution in [1.82, 2.24) is 0 Å². The molecule has 22 heavy (non-hydrogen) atoms. The van der Waals surface area contributed by atoms with Crippen LogP contribution in [0.1, 0.15) is 65.2 Å². The van der Waals surface area contributed by atoms with Gasteiger partial charge < -0.3 is 5.11 Å². The Hall–Kier alpha value is 0.110. The van der Waals surface area contributed by atoms with Crippen molar-refractivity contribution in [3.05, 3.63) is 0 Å². The molecule has 0 bridgehead atoms. The zero-order valence-corrected chi connectivity index (χ0v) is 15.4. The lowest BCUT2D eigenvalue weighted by molar-refractivity contribution is -0.142. The SMILES string of the molecule is CC12CCC3C(CC[C@H]4C[C@@H](O)CCC34C)[C@@H]1C[C@@H](Br)C2=O. The van der Waals surface area contributed by atoms with Gasteiger partial charge in [0.15, 0.2) is 5.78 Å². The molecule has 8 atom stereocenters. The van der Waals surface area contributed by atoms with Gasteiger partial charge in [-0.2, -0.15) is 0 Å². The van der Waals surface area contributed by atoms with Gasteiger partial charge >= 0.3 is 0 Å². The number of hydrogen-bond acceptors (Lipinski definition) is 2. The summed E-state index contributed by atoms with van der Waals surface area (Å²) in [5, 5.41) is 10.1. The molecule has 4 rings (SSSR count). The lowest BCUT2D eigenvalue weighted by Crippen LogP contribution is -2.54. The Labute approximate surface area is 142 Å². The second kappa shape index (κ2) is 5.05.